The van der Waals surface area contributed by atoms with Crippen LogP contribution in [0.5, 0.6) is 0 Å². The van der Waals surface area contributed by atoms with E-state index < -0.39 is 0 Å². The number of aryl methyl sites for hydroxylation is 1. The molecule has 3 aromatic rings. The number of nitrogens with one attached hydrogen (secondary N) is 1. The number of carbonyl (C=O) groups excluding carboxylic acids is 1. The molecule has 0 radical (unpaired) electrons. The predicted molar refractivity (Wildman–Crippen MR) is 119 cm³/mol. The Kier molecular flexibility index (Phi) is 6.48. The number of amides is 1. The highest BCUT2D eigenvalue weighted by Crippen LogP contribution is 2.34. The Hall–Kier alpha value is -2.66. The molecule has 1 atom stereocenters. The molecule has 1 aromatic heterocycles. The van der Waals surface area contributed by atoms with Gasteiger partial charge >= 0.3 is 0 Å². The zero-order valence-corrected chi connectivity index (χ0v) is 17.6. The lowest BCUT2D eigenvalue weighted by Gasteiger charge is -2.26. The van der Waals surface area contributed by atoms with Gasteiger partial charge in [-0.25, -0.2) is 4.39 Å². The second-order valence-corrected chi connectivity index (χ2v) is 8.28. The van der Waals surface area contributed by atoms with Crippen molar-refractivity contribution in [3.05, 3.63) is 71.7 Å². The number of aromatic nitrogens is 1. The molecule has 2 aromatic carbocycles. The molecule has 5 heteroatoms. The van der Waals surface area contributed by atoms with Gasteiger partial charge in [-0.15, -0.1) is 0 Å². The van der Waals surface area contributed by atoms with Crippen LogP contribution in [0, 0.1) is 5.82 Å². The highest BCUT2D eigenvalue weighted by Gasteiger charge is 2.22. The van der Waals surface area contributed by atoms with Crippen molar-refractivity contribution in [1.82, 2.24) is 14.8 Å². The number of nitrogens with zero attached hydrogens (tertiary/aromatic N) is 2. The molecule has 30 heavy (non-hydrogen) atoms. The van der Waals surface area contributed by atoms with Gasteiger partial charge in [0.25, 0.3) is 0 Å². The van der Waals surface area contributed by atoms with Gasteiger partial charge in [-0.1, -0.05) is 36.8 Å². The van der Waals surface area contributed by atoms with Gasteiger partial charge in [0.2, 0.25) is 5.91 Å². The highest BCUT2D eigenvalue weighted by molar-refractivity contribution is 5.86. The van der Waals surface area contributed by atoms with Crippen LogP contribution in [-0.4, -0.2) is 41.6 Å². The van der Waals surface area contributed by atoms with Crippen LogP contribution in [0.15, 0.2) is 54.7 Å². The van der Waals surface area contributed by atoms with Crippen LogP contribution in [0.4, 0.5) is 4.39 Å². The van der Waals surface area contributed by atoms with Crippen molar-refractivity contribution in [2.24, 2.45) is 7.05 Å². The fraction of sp³-hybridized carbons (Fsp3) is 0.400. The Balaban J connectivity index is 1.53. The maximum atomic E-state index is 14.0. The molecule has 1 aliphatic rings. The van der Waals surface area contributed by atoms with Gasteiger partial charge in [0.15, 0.2) is 0 Å². The first-order valence-corrected chi connectivity index (χ1v) is 10.9. The van der Waals surface area contributed by atoms with Crippen molar-refractivity contribution in [2.75, 3.05) is 26.2 Å². The van der Waals surface area contributed by atoms with Crippen LogP contribution in [0.3, 0.4) is 0 Å². The average Bonchev–Trinajstić information content (AvgIpc) is 3.09. The topological polar surface area (TPSA) is 37.3 Å². The van der Waals surface area contributed by atoms with Crippen molar-refractivity contribution in [2.45, 2.75) is 31.6 Å². The maximum absolute atomic E-state index is 14.0. The Bertz CT molecular complexity index is 1010. The quantitative estimate of drug-likeness (QED) is 0.629. The molecule has 1 amide bonds. The van der Waals surface area contributed by atoms with Crippen LogP contribution in [-0.2, 0) is 11.8 Å². The number of likely N-dealkylation sites (tertiary alicyclic amines) is 1. The molecule has 0 unspecified atom stereocenters. The Morgan fingerprint density at radius 3 is 2.70 bits per heavy atom. The minimum absolute atomic E-state index is 0.00852. The summed E-state index contributed by atoms with van der Waals surface area (Å²) in [5.41, 5.74) is 3.00. The van der Waals surface area contributed by atoms with Gasteiger partial charge in [-0.3, -0.25) is 4.79 Å². The van der Waals surface area contributed by atoms with Crippen molar-refractivity contribution in [1.29, 1.82) is 0 Å². The van der Waals surface area contributed by atoms with E-state index in [1.165, 1.54) is 25.3 Å². The van der Waals surface area contributed by atoms with Crippen molar-refractivity contribution < 1.29 is 9.18 Å². The minimum Gasteiger partial charge on any atom is -0.355 e. The molecule has 1 N–H and O–H groups in total. The lowest BCUT2D eigenvalue weighted by atomic mass is 9.88. The zero-order valence-electron chi connectivity index (χ0n) is 17.6. The lowest BCUT2D eigenvalue weighted by molar-refractivity contribution is -0.121. The third-order valence-corrected chi connectivity index (χ3v) is 6.14. The normalized spacial score (nSPS) is 15.9. The van der Waals surface area contributed by atoms with Crippen LogP contribution in [0.25, 0.3) is 10.9 Å². The number of rotatable bonds is 7. The van der Waals surface area contributed by atoms with Gasteiger partial charge in [0.1, 0.15) is 5.82 Å². The first-order valence-electron chi connectivity index (χ1n) is 10.9. The average molecular weight is 408 g/mol. The Morgan fingerprint density at radius 2 is 1.90 bits per heavy atom. The number of halogens is 1. The van der Waals surface area contributed by atoms with E-state index in [1.54, 1.807) is 12.1 Å². The van der Waals surface area contributed by atoms with E-state index in [1.807, 2.05) is 25.2 Å². The van der Waals surface area contributed by atoms with E-state index in [0.717, 1.165) is 41.7 Å². The minimum atomic E-state index is -0.275. The zero-order chi connectivity index (χ0) is 20.9. The summed E-state index contributed by atoms with van der Waals surface area (Å²) in [5.74, 6) is -0.459. The number of piperidine rings is 1. The summed E-state index contributed by atoms with van der Waals surface area (Å²) < 4.78 is 16.1. The fourth-order valence-corrected chi connectivity index (χ4v) is 4.58. The molecular weight excluding hydrogens is 377 g/mol. The van der Waals surface area contributed by atoms with E-state index in [9.17, 15) is 9.18 Å². The van der Waals surface area contributed by atoms with E-state index >= 15 is 0 Å². The maximum Gasteiger partial charge on any atom is 0.220 e. The second-order valence-electron chi connectivity index (χ2n) is 8.28. The summed E-state index contributed by atoms with van der Waals surface area (Å²) >= 11 is 0. The molecule has 4 rings (SSSR count). The molecule has 0 saturated carbocycles. The predicted octanol–water partition coefficient (Wildman–Crippen LogP) is 4.44. The number of carbonyl (C=O) groups is 1. The molecule has 0 aliphatic carbocycles. The van der Waals surface area contributed by atoms with Gasteiger partial charge in [-0.2, -0.15) is 0 Å². The van der Waals surface area contributed by atoms with Crippen molar-refractivity contribution >= 4 is 16.8 Å². The molecule has 1 fully saturated rings. The third-order valence-electron chi connectivity index (χ3n) is 6.14. The third kappa shape index (κ3) is 4.73. The fourth-order valence-electron chi connectivity index (χ4n) is 4.58. The summed E-state index contributed by atoms with van der Waals surface area (Å²) in [7, 11) is 2.01. The van der Waals surface area contributed by atoms with Crippen LogP contribution in [0.2, 0.25) is 0 Å². The standard InChI is InChI=1S/C25H30FN3O/c1-28-18-23(21-10-3-4-11-24(21)28)22(19-8-7-9-20(26)16-19)17-25(30)27-12-15-29-13-5-2-6-14-29/h3-4,7-11,16,18,22H,2,5-6,12-15,17H2,1H3,(H,27,30)/t22-/m1/s1. The van der Waals surface area contributed by atoms with Crippen molar-refractivity contribution in [3.8, 4) is 0 Å². The Morgan fingerprint density at radius 1 is 1.10 bits per heavy atom. The molecular formula is C25H30FN3O. The molecule has 2 heterocycles. The summed E-state index contributed by atoms with van der Waals surface area (Å²) in [5, 5.41) is 4.20. The second kappa shape index (κ2) is 9.43. The van der Waals surface area contributed by atoms with Crippen molar-refractivity contribution in [3.63, 3.8) is 0 Å². The largest absolute Gasteiger partial charge is 0.355 e. The molecule has 4 nitrogen and oxygen atoms in total. The smallest absolute Gasteiger partial charge is 0.220 e. The highest BCUT2D eigenvalue weighted by atomic mass is 19.1. The molecule has 1 aliphatic heterocycles. The van der Waals surface area contributed by atoms with E-state index in [-0.39, 0.29) is 17.6 Å². The van der Waals surface area contributed by atoms with E-state index in [4.69, 9.17) is 0 Å². The van der Waals surface area contributed by atoms with E-state index in [0.29, 0.717) is 13.0 Å². The van der Waals surface area contributed by atoms with Gasteiger partial charge in [0.05, 0.1) is 0 Å². The van der Waals surface area contributed by atoms with Crippen LogP contribution >= 0.6 is 0 Å². The van der Waals surface area contributed by atoms with E-state index in [2.05, 4.69) is 33.1 Å². The number of hydrogen-bond donors (Lipinski definition) is 1. The number of hydrogen-bond acceptors (Lipinski definition) is 2. The molecule has 158 valence electrons. The lowest BCUT2D eigenvalue weighted by Crippen LogP contribution is -2.38. The summed E-state index contributed by atoms with van der Waals surface area (Å²) in [4.78, 5) is 15.3. The molecule has 0 spiro atoms. The summed E-state index contributed by atoms with van der Waals surface area (Å²) in [6, 6.07) is 14.8. The summed E-state index contributed by atoms with van der Waals surface area (Å²) in [6.07, 6.45) is 6.18. The SMILES string of the molecule is Cn1cc([C@H](CC(=O)NCCN2CCCCC2)c2cccc(F)c2)c2ccccc21. The van der Waals surface area contributed by atoms with Gasteiger partial charge < -0.3 is 14.8 Å². The monoisotopic (exact) mass is 407 g/mol. The number of benzene rings is 2. The first-order chi connectivity index (χ1) is 14.6. The Labute approximate surface area is 177 Å². The van der Waals surface area contributed by atoms with Gasteiger partial charge in [-0.05, 0) is 55.3 Å². The molecule has 0 bridgehead atoms. The summed E-state index contributed by atoms with van der Waals surface area (Å²) in [6.45, 7) is 3.80. The van der Waals surface area contributed by atoms with Gasteiger partial charge in [0, 0.05) is 49.6 Å². The van der Waals surface area contributed by atoms with Crippen LogP contribution in [0.1, 0.15) is 42.7 Å². The number of para-hydroxylation sites is 1. The van der Waals surface area contributed by atoms with Crippen LogP contribution < -0.4 is 5.32 Å². The number of fused-ring (bicyclic) bond motifs is 1. The first kappa shape index (κ1) is 20.6. The molecule has 1 saturated heterocycles.